The van der Waals surface area contributed by atoms with Crippen molar-refractivity contribution in [1.82, 2.24) is 0 Å². The van der Waals surface area contributed by atoms with Crippen molar-refractivity contribution in [2.75, 3.05) is 22.9 Å². The predicted molar refractivity (Wildman–Crippen MR) is 135 cm³/mol. The van der Waals surface area contributed by atoms with Crippen LogP contribution in [0.2, 0.25) is 0 Å². The number of rotatable bonds is 8. The van der Waals surface area contributed by atoms with Crippen molar-refractivity contribution >= 4 is 22.7 Å². The number of hydrogen-bond donors (Lipinski definition) is 1. The van der Waals surface area contributed by atoms with Crippen LogP contribution < -0.4 is 9.80 Å². The van der Waals surface area contributed by atoms with Gasteiger partial charge in [0.2, 0.25) is 0 Å². The maximum Gasteiger partial charge on any atom is 0.104 e. The van der Waals surface area contributed by atoms with E-state index < -0.39 is 6.10 Å². The van der Waals surface area contributed by atoms with Gasteiger partial charge in [-0.15, -0.1) is 0 Å². The molecule has 4 rings (SSSR count). The molecule has 32 heavy (non-hydrogen) atoms. The van der Waals surface area contributed by atoms with Crippen LogP contribution in [0.4, 0.5) is 22.7 Å². The van der Waals surface area contributed by atoms with E-state index in [2.05, 4.69) is 96.4 Å². The van der Waals surface area contributed by atoms with Crippen LogP contribution in [0.3, 0.4) is 0 Å². The second kappa shape index (κ2) is 10.2. The highest BCUT2D eigenvalue weighted by Crippen LogP contribution is 2.30. The molecule has 0 aliphatic heterocycles. The predicted octanol–water partition coefficient (Wildman–Crippen LogP) is 7.08. The first-order valence-corrected chi connectivity index (χ1v) is 11.2. The Morgan fingerprint density at radius 2 is 0.812 bits per heavy atom. The fourth-order valence-electron chi connectivity index (χ4n) is 4.11. The summed E-state index contributed by atoms with van der Waals surface area (Å²) in [5, 5.41) is 11.0. The lowest BCUT2D eigenvalue weighted by atomic mass is 10.0. The minimum absolute atomic E-state index is 0.656. The quantitative estimate of drug-likeness (QED) is 0.328. The molecular formula is C29H30N2O. The summed E-state index contributed by atoms with van der Waals surface area (Å²) >= 11 is 0. The average Bonchev–Trinajstić information content (AvgIpc) is 2.87. The van der Waals surface area contributed by atoms with Crippen LogP contribution in [0.1, 0.15) is 31.1 Å². The number of aliphatic hydroxyl groups is 1. The number of benzene rings is 4. The first-order chi connectivity index (χ1) is 15.7. The van der Waals surface area contributed by atoms with Gasteiger partial charge in [-0.05, 0) is 73.5 Å². The highest BCUT2D eigenvalue weighted by molar-refractivity contribution is 5.64. The number of hydrogen-bond acceptors (Lipinski definition) is 3. The standard InChI is InChI=1S/C29H30N2O/c1-3-30(25-11-7-5-8-12-25)27-19-15-23(16-20-27)29(32)24-17-21-28(22-18-24)31(4-2)26-13-9-6-10-14-26/h5-22,29,32H,3-4H2,1-2H3. The average molecular weight is 423 g/mol. The summed E-state index contributed by atoms with van der Waals surface area (Å²) in [4.78, 5) is 4.52. The van der Waals surface area contributed by atoms with E-state index in [0.29, 0.717) is 0 Å². The summed E-state index contributed by atoms with van der Waals surface area (Å²) in [6.45, 7) is 6.05. The second-order valence-electron chi connectivity index (χ2n) is 7.75. The summed E-state index contributed by atoms with van der Waals surface area (Å²) < 4.78 is 0. The Labute approximate surface area is 191 Å². The van der Waals surface area contributed by atoms with E-state index >= 15 is 0 Å². The maximum atomic E-state index is 11.0. The highest BCUT2D eigenvalue weighted by Gasteiger charge is 2.14. The Balaban J connectivity index is 1.51. The zero-order valence-corrected chi connectivity index (χ0v) is 18.7. The van der Waals surface area contributed by atoms with Crippen molar-refractivity contribution in [3.8, 4) is 0 Å². The van der Waals surface area contributed by atoms with E-state index in [1.165, 1.54) is 0 Å². The van der Waals surface area contributed by atoms with Crippen LogP contribution in [-0.4, -0.2) is 18.2 Å². The second-order valence-corrected chi connectivity index (χ2v) is 7.75. The smallest absolute Gasteiger partial charge is 0.104 e. The molecule has 0 aliphatic carbocycles. The minimum Gasteiger partial charge on any atom is -0.384 e. The third-order valence-corrected chi connectivity index (χ3v) is 5.81. The van der Waals surface area contributed by atoms with Gasteiger partial charge in [0.25, 0.3) is 0 Å². The molecule has 0 saturated heterocycles. The van der Waals surface area contributed by atoms with Gasteiger partial charge in [0.1, 0.15) is 6.10 Å². The van der Waals surface area contributed by atoms with Crippen LogP contribution in [0.5, 0.6) is 0 Å². The molecule has 162 valence electrons. The highest BCUT2D eigenvalue weighted by atomic mass is 16.3. The summed E-state index contributed by atoms with van der Waals surface area (Å²) in [5.41, 5.74) is 6.34. The molecule has 0 heterocycles. The van der Waals surface area contributed by atoms with Crippen molar-refractivity contribution in [2.45, 2.75) is 20.0 Å². The number of aliphatic hydroxyl groups excluding tert-OH is 1. The lowest BCUT2D eigenvalue weighted by molar-refractivity contribution is 0.220. The van der Waals surface area contributed by atoms with E-state index in [4.69, 9.17) is 0 Å². The third-order valence-electron chi connectivity index (χ3n) is 5.81. The van der Waals surface area contributed by atoms with Gasteiger partial charge in [-0.25, -0.2) is 0 Å². The zero-order chi connectivity index (χ0) is 22.3. The van der Waals surface area contributed by atoms with E-state index in [1.54, 1.807) is 0 Å². The fourth-order valence-corrected chi connectivity index (χ4v) is 4.11. The summed E-state index contributed by atoms with van der Waals surface area (Å²) in [7, 11) is 0. The van der Waals surface area contributed by atoms with E-state index in [-0.39, 0.29) is 0 Å². The Bertz CT molecular complexity index is 1000. The summed E-state index contributed by atoms with van der Waals surface area (Å²) in [6.07, 6.45) is -0.656. The van der Waals surface area contributed by atoms with Crippen molar-refractivity contribution in [3.63, 3.8) is 0 Å². The first-order valence-electron chi connectivity index (χ1n) is 11.2. The van der Waals surface area contributed by atoms with E-state index in [9.17, 15) is 5.11 Å². The normalized spacial score (nSPS) is 10.9. The lowest BCUT2D eigenvalue weighted by Gasteiger charge is -2.24. The minimum atomic E-state index is -0.656. The van der Waals surface area contributed by atoms with Gasteiger partial charge in [0.05, 0.1) is 0 Å². The lowest BCUT2D eigenvalue weighted by Crippen LogP contribution is -2.16. The molecule has 4 aromatic carbocycles. The molecule has 0 spiro atoms. The molecule has 0 aromatic heterocycles. The van der Waals surface area contributed by atoms with E-state index in [1.807, 2.05) is 36.4 Å². The zero-order valence-electron chi connectivity index (χ0n) is 18.7. The molecule has 0 fully saturated rings. The summed E-state index contributed by atoms with van der Waals surface area (Å²) in [6, 6.07) is 37.1. The molecule has 0 unspecified atom stereocenters. The SMILES string of the molecule is CCN(c1ccccc1)c1ccc(C(O)c2ccc(N(CC)c3ccccc3)cc2)cc1. The monoisotopic (exact) mass is 422 g/mol. The van der Waals surface area contributed by atoms with Crippen molar-refractivity contribution in [2.24, 2.45) is 0 Å². The van der Waals surface area contributed by atoms with Gasteiger partial charge < -0.3 is 14.9 Å². The molecular weight excluding hydrogens is 392 g/mol. The van der Waals surface area contributed by atoms with Crippen molar-refractivity contribution in [1.29, 1.82) is 0 Å². The number of anilines is 4. The van der Waals surface area contributed by atoms with Gasteiger partial charge in [-0.1, -0.05) is 60.7 Å². The molecule has 1 N–H and O–H groups in total. The first kappa shape index (κ1) is 21.7. The molecule has 0 radical (unpaired) electrons. The van der Waals surface area contributed by atoms with Gasteiger partial charge >= 0.3 is 0 Å². The number of nitrogens with zero attached hydrogens (tertiary/aromatic N) is 2. The largest absolute Gasteiger partial charge is 0.384 e. The molecule has 0 aliphatic rings. The van der Waals surface area contributed by atoms with Crippen molar-refractivity contribution in [3.05, 3.63) is 120 Å². The van der Waals surface area contributed by atoms with E-state index in [0.717, 1.165) is 47.0 Å². The Kier molecular flexibility index (Phi) is 6.88. The van der Waals surface area contributed by atoms with Crippen LogP contribution in [0.15, 0.2) is 109 Å². The molecule has 0 bridgehead atoms. The third kappa shape index (κ3) is 4.68. The van der Waals surface area contributed by atoms with Gasteiger partial charge in [0.15, 0.2) is 0 Å². The fraction of sp³-hybridized carbons (Fsp3) is 0.172. The Morgan fingerprint density at radius 1 is 0.500 bits per heavy atom. The van der Waals surface area contributed by atoms with Crippen molar-refractivity contribution < 1.29 is 5.11 Å². The molecule has 0 amide bonds. The summed E-state index contributed by atoms with van der Waals surface area (Å²) in [5.74, 6) is 0. The maximum absolute atomic E-state index is 11.0. The van der Waals surface area contributed by atoms with Crippen LogP contribution in [0, 0.1) is 0 Å². The van der Waals surface area contributed by atoms with Gasteiger partial charge in [0, 0.05) is 35.8 Å². The molecule has 3 nitrogen and oxygen atoms in total. The Hall–Kier alpha value is -3.56. The molecule has 3 heteroatoms. The van der Waals surface area contributed by atoms with Gasteiger partial charge in [-0.3, -0.25) is 0 Å². The Morgan fingerprint density at radius 3 is 1.12 bits per heavy atom. The van der Waals surface area contributed by atoms with Crippen LogP contribution >= 0.6 is 0 Å². The molecule has 0 atom stereocenters. The topological polar surface area (TPSA) is 26.7 Å². The van der Waals surface area contributed by atoms with Crippen LogP contribution in [-0.2, 0) is 0 Å². The van der Waals surface area contributed by atoms with Crippen LogP contribution in [0.25, 0.3) is 0 Å². The number of para-hydroxylation sites is 2. The molecule has 4 aromatic rings. The van der Waals surface area contributed by atoms with Gasteiger partial charge in [-0.2, -0.15) is 0 Å². The molecule has 0 saturated carbocycles.